The smallest absolute Gasteiger partial charge is 0.462 e. The van der Waals surface area contributed by atoms with Crippen LogP contribution in [0, 0.1) is 0 Å². The fraction of sp³-hybridized carbons (Fsp3) is 0.902. The van der Waals surface area contributed by atoms with Crippen LogP contribution in [0.2, 0.25) is 0 Å². The summed E-state index contributed by atoms with van der Waals surface area (Å²) in [5.74, 6) is -0.803. The number of allylic oxidation sites excluding steroid dienone is 2. The fourth-order valence-electron chi connectivity index (χ4n) is 6.01. The molecular formula is C41H79O8P. The summed E-state index contributed by atoms with van der Waals surface area (Å²) in [5, 5.41) is 0. The zero-order valence-corrected chi connectivity index (χ0v) is 33.7. The van der Waals surface area contributed by atoms with Crippen molar-refractivity contribution in [3.8, 4) is 0 Å². The Morgan fingerprint density at radius 2 is 0.900 bits per heavy atom. The first-order valence-corrected chi connectivity index (χ1v) is 22.4. The average molecular weight is 731 g/mol. The highest BCUT2D eigenvalue weighted by atomic mass is 31.2. The Morgan fingerprint density at radius 1 is 0.540 bits per heavy atom. The highest BCUT2D eigenvalue weighted by Gasteiger charge is 2.24. The van der Waals surface area contributed by atoms with Crippen molar-refractivity contribution in [2.75, 3.05) is 20.3 Å². The van der Waals surface area contributed by atoms with E-state index in [1.54, 1.807) is 0 Å². The Bertz CT molecular complexity index is 833. The molecule has 0 bridgehead atoms. The van der Waals surface area contributed by atoms with Crippen molar-refractivity contribution in [3.63, 3.8) is 0 Å². The van der Waals surface area contributed by atoms with Gasteiger partial charge in [0.15, 0.2) is 6.10 Å². The van der Waals surface area contributed by atoms with E-state index in [9.17, 15) is 19.0 Å². The number of esters is 2. The molecule has 9 heteroatoms. The van der Waals surface area contributed by atoms with Crippen molar-refractivity contribution in [3.05, 3.63) is 12.2 Å². The SMILES string of the molecule is CCCCCCCC/C=C\CCCCCCCC(=O)OC(COC(=O)CCCCCCCCCCCCCCCCCC)COP(=O)(O)OC. The number of carbonyl (C=O) groups excluding carboxylic acids is 2. The van der Waals surface area contributed by atoms with Crippen molar-refractivity contribution >= 4 is 19.8 Å². The lowest BCUT2D eigenvalue weighted by Gasteiger charge is -2.19. The largest absolute Gasteiger partial charge is 0.472 e. The van der Waals surface area contributed by atoms with Gasteiger partial charge in [0, 0.05) is 20.0 Å². The number of unbranched alkanes of at least 4 members (excludes halogenated alkanes) is 26. The highest BCUT2D eigenvalue weighted by molar-refractivity contribution is 7.47. The van der Waals surface area contributed by atoms with Crippen LogP contribution < -0.4 is 0 Å². The van der Waals surface area contributed by atoms with Gasteiger partial charge in [-0.15, -0.1) is 0 Å². The Morgan fingerprint density at radius 3 is 1.30 bits per heavy atom. The van der Waals surface area contributed by atoms with Crippen LogP contribution >= 0.6 is 7.82 Å². The van der Waals surface area contributed by atoms with E-state index < -0.39 is 26.5 Å². The van der Waals surface area contributed by atoms with Crippen molar-refractivity contribution < 1.29 is 37.6 Å². The number of hydrogen-bond acceptors (Lipinski definition) is 7. The van der Waals surface area contributed by atoms with E-state index in [-0.39, 0.29) is 19.0 Å². The molecule has 0 aromatic heterocycles. The van der Waals surface area contributed by atoms with Gasteiger partial charge in [-0.25, -0.2) is 4.57 Å². The van der Waals surface area contributed by atoms with E-state index in [0.717, 1.165) is 58.5 Å². The number of phosphoric ester groups is 1. The van der Waals surface area contributed by atoms with Gasteiger partial charge in [0.2, 0.25) is 0 Å². The molecule has 296 valence electrons. The van der Waals surface area contributed by atoms with E-state index in [2.05, 4.69) is 30.5 Å². The number of phosphoric acid groups is 1. The van der Waals surface area contributed by atoms with Crippen LogP contribution in [0.1, 0.15) is 213 Å². The van der Waals surface area contributed by atoms with E-state index >= 15 is 0 Å². The summed E-state index contributed by atoms with van der Waals surface area (Å²) in [7, 11) is -3.19. The minimum Gasteiger partial charge on any atom is -0.462 e. The van der Waals surface area contributed by atoms with E-state index in [0.29, 0.717) is 12.8 Å². The Labute approximate surface area is 308 Å². The van der Waals surface area contributed by atoms with Gasteiger partial charge in [0.25, 0.3) is 0 Å². The third-order valence-electron chi connectivity index (χ3n) is 9.26. The molecule has 0 spiro atoms. The second kappa shape index (κ2) is 37.5. The molecule has 0 saturated carbocycles. The monoisotopic (exact) mass is 731 g/mol. The zero-order chi connectivity index (χ0) is 36.8. The summed E-state index contributed by atoms with van der Waals surface area (Å²) < 4.78 is 31.9. The lowest BCUT2D eigenvalue weighted by molar-refractivity contribution is -0.161. The van der Waals surface area contributed by atoms with Crippen LogP contribution in [0.4, 0.5) is 0 Å². The maximum atomic E-state index is 12.5. The molecule has 8 nitrogen and oxygen atoms in total. The molecular weight excluding hydrogens is 651 g/mol. The van der Waals surface area contributed by atoms with Crippen molar-refractivity contribution in [2.45, 2.75) is 219 Å². The summed E-state index contributed by atoms with van der Waals surface area (Å²) >= 11 is 0. The van der Waals surface area contributed by atoms with Crippen LogP contribution in [-0.4, -0.2) is 43.3 Å². The topological polar surface area (TPSA) is 108 Å². The second-order valence-corrected chi connectivity index (χ2v) is 15.7. The third-order valence-corrected chi connectivity index (χ3v) is 10.2. The number of carbonyl (C=O) groups is 2. The van der Waals surface area contributed by atoms with Crippen molar-refractivity contribution in [1.29, 1.82) is 0 Å². The molecule has 0 fully saturated rings. The van der Waals surface area contributed by atoms with Crippen LogP contribution in [0.25, 0.3) is 0 Å². The molecule has 0 aliphatic carbocycles. The van der Waals surface area contributed by atoms with Crippen molar-refractivity contribution in [2.24, 2.45) is 0 Å². The van der Waals surface area contributed by atoms with E-state index in [1.807, 2.05) is 0 Å². The van der Waals surface area contributed by atoms with Gasteiger partial charge < -0.3 is 14.4 Å². The minimum atomic E-state index is -4.26. The first-order valence-electron chi connectivity index (χ1n) is 20.9. The lowest BCUT2D eigenvalue weighted by Crippen LogP contribution is -2.29. The Hall–Kier alpha value is -1.21. The molecule has 0 aromatic rings. The summed E-state index contributed by atoms with van der Waals surface area (Å²) in [6.45, 7) is 3.89. The quantitative estimate of drug-likeness (QED) is 0.0288. The highest BCUT2D eigenvalue weighted by Crippen LogP contribution is 2.42. The molecule has 0 radical (unpaired) electrons. The Kier molecular flexibility index (Phi) is 36.6. The van der Waals surface area contributed by atoms with Gasteiger partial charge in [-0.3, -0.25) is 18.6 Å². The molecule has 0 rings (SSSR count). The predicted octanol–water partition coefficient (Wildman–Crippen LogP) is 12.9. The van der Waals surface area contributed by atoms with Crippen LogP contribution in [-0.2, 0) is 32.7 Å². The normalized spacial score (nSPS) is 13.4. The van der Waals surface area contributed by atoms with E-state index in [1.165, 1.54) is 128 Å². The standard InChI is InChI=1S/C41H79O8P/c1-4-6-8-10-12-14-16-18-20-22-23-25-27-29-31-33-35-40(42)47-37-39(38-48-50(44,45)46-3)49-41(43)36-34-32-30-28-26-24-21-19-17-15-13-11-9-7-5-2/h19,21,39H,4-18,20,22-38H2,1-3H3,(H,44,45)/b21-19-. The molecule has 0 heterocycles. The van der Waals surface area contributed by atoms with E-state index in [4.69, 9.17) is 14.0 Å². The van der Waals surface area contributed by atoms with Gasteiger partial charge in [-0.1, -0.05) is 174 Å². The van der Waals surface area contributed by atoms with Crippen LogP contribution in [0.5, 0.6) is 0 Å². The summed E-state index contributed by atoms with van der Waals surface area (Å²) in [4.78, 5) is 34.4. The number of rotatable bonds is 39. The van der Waals surface area contributed by atoms with Gasteiger partial charge >= 0.3 is 19.8 Å². The first-order chi connectivity index (χ1) is 24.3. The number of hydrogen-bond donors (Lipinski definition) is 1. The zero-order valence-electron chi connectivity index (χ0n) is 32.8. The van der Waals surface area contributed by atoms with Crippen LogP contribution in [0.15, 0.2) is 12.2 Å². The molecule has 50 heavy (non-hydrogen) atoms. The lowest BCUT2D eigenvalue weighted by atomic mass is 10.0. The average Bonchev–Trinajstić information content (AvgIpc) is 3.10. The predicted molar refractivity (Wildman–Crippen MR) is 207 cm³/mol. The van der Waals surface area contributed by atoms with Crippen molar-refractivity contribution in [1.82, 2.24) is 0 Å². The summed E-state index contributed by atoms with van der Waals surface area (Å²) in [5.41, 5.74) is 0. The maximum absolute atomic E-state index is 12.5. The molecule has 2 unspecified atom stereocenters. The van der Waals surface area contributed by atoms with Gasteiger partial charge in [0.1, 0.15) is 6.61 Å². The summed E-state index contributed by atoms with van der Waals surface area (Å²) in [6, 6.07) is 0. The van der Waals surface area contributed by atoms with Gasteiger partial charge in [0.05, 0.1) is 6.61 Å². The Balaban J connectivity index is 3.99. The number of ether oxygens (including phenoxy) is 2. The molecule has 0 aliphatic heterocycles. The molecule has 0 aliphatic rings. The third kappa shape index (κ3) is 36.6. The molecule has 0 saturated heterocycles. The second-order valence-electron chi connectivity index (χ2n) is 14.1. The molecule has 0 aromatic carbocycles. The van der Waals surface area contributed by atoms with Crippen LogP contribution in [0.3, 0.4) is 0 Å². The molecule has 0 amide bonds. The minimum absolute atomic E-state index is 0.223. The molecule has 2 atom stereocenters. The molecule has 1 N–H and O–H groups in total. The summed E-state index contributed by atoms with van der Waals surface area (Å²) in [6.07, 6.45) is 39.7. The maximum Gasteiger partial charge on any atom is 0.472 e. The van der Waals surface area contributed by atoms with Gasteiger partial charge in [-0.05, 0) is 38.5 Å². The fourth-order valence-corrected chi connectivity index (χ4v) is 6.47. The van der Waals surface area contributed by atoms with Gasteiger partial charge in [-0.2, -0.15) is 0 Å². The first kappa shape index (κ1) is 48.8.